The van der Waals surface area contributed by atoms with Crippen LogP contribution in [-0.4, -0.2) is 10.9 Å². The summed E-state index contributed by atoms with van der Waals surface area (Å²) in [6.07, 6.45) is -2.60. The molecule has 114 valence electrons. The van der Waals surface area contributed by atoms with Crippen molar-refractivity contribution in [2.75, 3.05) is 5.32 Å². The molecule has 0 aromatic heterocycles. The standard InChI is InChI=1S/C14H15F3N2OS/c1-7(8-2-3-8)13(20)19-9-4-5-10(12(18)21)11(6-9)14(15,16)17/h4-8H,2-3H2,1H3,(H2,18,21)(H,19,20). The van der Waals surface area contributed by atoms with Crippen LogP contribution < -0.4 is 11.1 Å². The summed E-state index contributed by atoms with van der Waals surface area (Å²) < 4.78 is 39.0. The topological polar surface area (TPSA) is 55.1 Å². The number of amides is 1. The van der Waals surface area contributed by atoms with E-state index in [0.29, 0.717) is 5.92 Å². The van der Waals surface area contributed by atoms with Gasteiger partial charge in [-0.05, 0) is 37.0 Å². The number of alkyl halides is 3. The van der Waals surface area contributed by atoms with Crippen LogP contribution >= 0.6 is 12.2 Å². The van der Waals surface area contributed by atoms with E-state index in [9.17, 15) is 18.0 Å². The minimum absolute atomic E-state index is 0.0971. The predicted molar refractivity (Wildman–Crippen MR) is 77.8 cm³/mol. The molecule has 1 atom stereocenters. The normalized spacial score (nSPS) is 16.4. The Bertz CT molecular complexity index is 582. The van der Waals surface area contributed by atoms with Gasteiger partial charge in [-0.15, -0.1) is 0 Å². The van der Waals surface area contributed by atoms with E-state index in [1.54, 1.807) is 6.92 Å². The van der Waals surface area contributed by atoms with Crippen molar-refractivity contribution in [2.45, 2.75) is 25.9 Å². The molecule has 1 unspecified atom stereocenters. The first kappa shape index (κ1) is 15.8. The summed E-state index contributed by atoms with van der Waals surface area (Å²) in [5, 5.41) is 2.52. The van der Waals surface area contributed by atoms with Crippen molar-refractivity contribution in [3.63, 3.8) is 0 Å². The number of rotatable bonds is 4. The average molecular weight is 316 g/mol. The number of carbonyl (C=O) groups is 1. The molecular formula is C14H15F3N2OS. The Hall–Kier alpha value is -1.63. The number of hydrogen-bond donors (Lipinski definition) is 2. The fraction of sp³-hybridized carbons (Fsp3) is 0.429. The molecule has 1 aliphatic carbocycles. The van der Waals surface area contributed by atoms with E-state index in [1.165, 1.54) is 12.1 Å². The van der Waals surface area contributed by atoms with Gasteiger partial charge in [0.05, 0.1) is 5.56 Å². The first-order chi connectivity index (χ1) is 9.70. The smallest absolute Gasteiger partial charge is 0.389 e. The molecule has 0 radical (unpaired) electrons. The number of anilines is 1. The van der Waals surface area contributed by atoms with Crippen molar-refractivity contribution < 1.29 is 18.0 Å². The molecule has 1 saturated carbocycles. The van der Waals surface area contributed by atoms with Crippen LogP contribution in [0, 0.1) is 11.8 Å². The second-order valence-electron chi connectivity index (χ2n) is 5.24. The molecule has 0 saturated heterocycles. The largest absolute Gasteiger partial charge is 0.417 e. The van der Waals surface area contributed by atoms with E-state index in [-0.39, 0.29) is 28.1 Å². The van der Waals surface area contributed by atoms with Gasteiger partial charge in [-0.2, -0.15) is 13.2 Å². The van der Waals surface area contributed by atoms with Crippen molar-refractivity contribution in [3.8, 4) is 0 Å². The number of carbonyl (C=O) groups excluding carboxylic acids is 1. The summed E-state index contributed by atoms with van der Waals surface area (Å²) in [5.41, 5.74) is 4.22. The molecule has 2 rings (SSSR count). The summed E-state index contributed by atoms with van der Waals surface area (Å²) >= 11 is 4.62. The molecule has 21 heavy (non-hydrogen) atoms. The Morgan fingerprint density at radius 1 is 1.43 bits per heavy atom. The lowest BCUT2D eigenvalue weighted by molar-refractivity contribution is -0.137. The number of hydrogen-bond acceptors (Lipinski definition) is 2. The SMILES string of the molecule is CC(C(=O)Nc1ccc(C(N)=S)c(C(F)(F)F)c1)C1CC1. The highest BCUT2D eigenvalue weighted by Gasteiger charge is 2.35. The Morgan fingerprint density at radius 3 is 2.52 bits per heavy atom. The van der Waals surface area contributed by atoms with Gasteiger partial charge in [0.15, 0.2) is 0 Å². The van der Waals surface area contributed by atoms with E-state index < -0.39 is 11.7 Å². The van der Waals surface area contributed by atoms with Crippen LogP contribution in [-0.2, 0) is 11.0 Å². The number of nitrogens with two attached hydrogens (primary N) is 1. The lowest BCUT2D eigenvalue weighted by atomic mass is 10.0. The van der Waals surface area contributed by atoms with Crippen LogP contribution in [0.3, 0.4) is 0 Å². The maximum absolute atomic E-state index is 13.0. The molecule has 1 fully saturated rings. The molecule has 3 nitrogen and oxygen atoms in total. The molecule has 1 amide bonds. The number of nitrogens with one attached hydrogen (secondary N) is 1. The third-order valence-corrected chi connectivity index (χ3v) is 3.82. The van der Waals surface area contributed by atoms with Gasteiger partial charge in [-0.3, -0.25) is 4.79 Å². The third kappa shape index (κ3) is 3.72. The Morgan fingerprint density at radius 2 is 2.05 bits per heavy atom. The Kier molecular flexibility index (Phi) is 4.22. The van der Waals surface area contributed by atoms with Crippen molar-refractivity contribution in [3.05, 3.63) is 29.3 Å². The zero-order valence-electron chi connectivity index (χ0n) is 11.3. The number of halogens is 3. The molecule has 1 aromatic rings. The quantitative estimate of drug-likeness (QED) is 0.838. The van der Waals surface area contributed by atoms with Crippen LogP contribution in [0.4, 0.5) is 18.9 Å². The second kappa shape index (κ2) is 5.63. The van der Waals surface area contributed by atoms with Crippen molar-refractivity contribution >= 4 is 28.8 Å². The highest BCUT2D eigenvalue weighted by molar-refractivity contribution is 7.80. The van der Waals surface area contributed by atoms with E-state index in [0.717, 1.165) is 18.9 Å². The van der Waals surface area contributed by atoms with Crippen molar-refractivity contribution in [1.29, 1.82) is 0 Å². The molecule has 0 bridgehead atoms. The second-order valence-corrected chi connectivity index (χ2v) is 5.68. The van der Waals surface area contributed by atoms with E-state index >= 15 is 0 Å². The molecule has 1 aromatic carbocycles. The van der Waals surface area contributed by atoms with Crippen molar-refractivity contribution in [1.82, 2.24) is 0 Å². The monoisotopic (exact) mass is 316 g/mol. The summed E-state index contributed by atoms with van der Waals surface area (Å²) in [5.74, 6) is -0.133. The van der Waals surface area contributed by atoms with Gasteiger partial charge in [-0.1, -0.05) is 19.1 Å². The highest BCUT2D eigenvalue weighted by atomic mass is 32.1. The van der Waals surface area contributed by atoms with Gasteiger partial charge in [0.1, 0.15) is 4.99 Å². The molecule has 3 N–H and O–H groups in total. The molecule has 0 spiro atoms. The fourth-order valence-corrected chi connectivity index (χ4v) is 2.32. The average Bonchev–Trinajstić information content (AvgIpc) is 3.20. The summed E-state index contributed by atoms with van der Waals surface area (Å²) in [7, 11) is 0. The highest BCUT2D eigenvalue weighted by Crippen LogP contribution is 2.37. The maximum atomic E-state index is 13.0. The van der Waals surface area contributed by atoms with Crippen LogP contribution in [0.15, 0.2) is 18.2 Å². The molecule has 1 aliphatic rings. The number of benzene rings is 1. The molecule has 0 aliphatic heterocycles. The van der Waals surface area contributed by atoms with Crippen LogP contribution in [0.1, 0.15) is 30.9 Å². The summed E-state index contributed by atoms with van der Waals surface area (Å²) in [4.78, 5) is 11.6. The Balaban J connectivity index is 2.25. The Labute approximate surface area is 125 Å². The van der Waals surface area contributed by atoms with Gasteiger partial charge in [0.2, 0.25) is 5.91 Å². The minimum atomic E-state index is -4.58. The predicted octanol–water partition coefficient (Wildman–Crippen LogP) is 3.32. The summed E-state index contributed by atoms with van der Waals surface area (Å²) in [6.45, 7) is 1.78. The molecule has 7 heteroatoms. The van der Waals surface area contributed by atoms with Gasteiger partial charge < -0.3 is 11.1 Å². The maximum Gasteiger partial charge on any atom is 0.417 e. The van der Waals surface area contributed by atoms with Crippen LogP contribution in [0.5, 0.6) is 0 Å². The van der Waals surface area contributed by atoms with E-state index in [4.69, 9.17) is 5.73 Å². The lowest BCUT2D eigenvalue weighted by Crippen LogP contribution is -2.23. The van der Waals surface area contributed by atoms with Crippen LogP contribution in [0.25, 0.3) is 0 Å². The zero-order chi connectivity index (χ0) is 15.8. The molecular weight excluding hydrogens is 301 g/mol. The molecule has 0 heterocycles. The van der Waals surface area contributed by atoms with E-state index in [2.05, 4.69) is 17.5 Å². The van der Waals surface area contributed by atoms with Gasteiger partial charge in [0, 0.05) is 17.2 Å². The first-order valence-electron chi connectivity index (χ1n) is 6.52. The zero-order valence-corrected chi connectivity index (χ0v) is 12.1. The van der Waals surface area contributed by atoms with Crippen molar-refractivity contribution in [2.24, 2.45) is 17.6 Å². The van der Waals surface area contributed by atoms with E-state index in [1.807, 2.05) is 0 Å². The first-order valence-corrected chi connectivity index (χ1v) is 6.93. The fourth-order valence-electron chi connectivity index (χ4n) is 2.14. The summed E-state index contributed by atoms with van der Waals surface area (Å²) in [6, 6.07) is 3.43. The van der Waals surface area contributed by atoms with Gasteiger partial charge >= 0.3 is 6.18 Å². The lowest BCUT2D eigenvalue weighted by Gasteiger charge is -2.15. The number of thiocarbonyl (C=S) groups is 1. The van der Waals surface area contributed by atoms with Gasteiger partial charge in [-0.25, -0.2) is 0 Å². The minimum Gasteiger partial charge on any atom is -0.389 e. The van der Waals surface area contributed by atoms with Crippen LogP contribution in [0.2, 0.25) is 0 Å². The van der Waals surface area contributed by atoms with Gasteiger partial charge in [0.25, 0.3) is 0 Å². The third-order valence-electron chi connectivity index (χ3n) is 3.60.